The highest BCUT2D eigenvalue weighted by Crippen LogP contribution is 2.17. The first-order valence-electron chi connectivity index (χ1n) is 7.74. The largest absolute Gasteiger partial charge is 0.391 e. The molecule has 0 aliphatic carbocycles. The van der Waals surface area contributed by atoms with Gasteiger partial charge in [-0.05, 0) is 43.7 Å². The van der Waals surface area contributed by atoms with Crippen molar-refractivity contribution in [1.82, 2.24) is 10.2 Å². The first kappa shape index (κ1) is 15.8. The topological polar surface area (TPSA) is 52.6 Å². The van der Waals surface area contributed by atoms with Crippen LogP contribution in [0.25, 0.3) is 0 Å². The number of urea groups is 1. The Bertz CT molecular complexity index is 502. The number of nitrogens with zero attached hydrogens (tertiary/aromatic N) is 1. The normalized spacial score (nSPS) is 22.2. The molecule has 1 saturated heterocycles. The van der Waals surface area contributed by atoms with E-state index in [1.807, 2.05) is 6.92 Å². The van der Waals surface area contributed by atoms with Crippen LogP contribution in [0.1, 0.15) is 30.0 Å². The average molecular weight is 290 g/mol. The van der Waals surface area contributed by atoms with E-state index in [4.69, 9.17) is 0 Å². The third-order valence-electron chi connectivity index (χ3n) is 4.37. The van der Waals surface area contributed by atoms with Crippen LogP contribution in [-0.4, -0.2) is 41.8 Å². The quantitative estimate of drug-likeness (QED) is 0.897. The van der Waals surface area contributed by atoms with Crippen molar-refractivity contribution in [1.29, 1.82) is 0 Å². The van der Waals surface area contributed by atoms with Gasteiger partial charge in [0.05, 0.1) is 6.10 Å². The number of hydrogen-bond donors (Lipinski definition) is 2. The highest BCUT2D eigenvalue weighted by atomic mass is 16.3. The van der Waals surface area contributed by atoms with E-state index in [9.17, 15) is 9.90 Å². The molecule has 4 heteroatoms. The molecule has 2 N–H and O–H groups in total. The number of nitrogens with one attached hydrogen (secondary N) is 1. The Morgan fingerprint density at radius 3 is 2.86 bits per heavy atom. The summed E-state index contributed by atoms with van der Waals surface area (Å²) in [6.07, 6.45) is 1.31. The maximum Gasteiger partial charge on any atom is 0.317 e. The van der Waals surface area contributed by atoms with Gasteiger partial charge in [0.1, 0.15) is 0 Å². The van der Waals surface area contributed by atoms with Crippen molar-refractivity contribution in [2.24, 2.45) is 5.92 Å². The molecule has 1 aliphatic rings. The zero-order valence-corrected chi connectivity index (χ0v) is 13.2. The van der Waals surface area contributed by atoms with Crippen LogP contribution < -0.4 is 5.32 Å². The van der Waals surface area contributed by atoms with Crippen LogP contribution in [0.5, 0.6) is 0 Å². The van der Waals surface area contributed by atoms with E-state index in [0.717, 1.165) is 19.4 Å². The number of carbonyl (C=O) groups excluding carboxylic acids is 1. The van der Waals surface area contributed by atoms with E-state index in [0.29, 0.717) is 13.1 Å². The van der Waals surface area contributed by atoms with E-state index >= 15 is 0 Å². The number of amides is 2. The molecule has 2 rings (SSSR count). The van der Waals surface area contributed by atoms with E-state index in [1.165, 1.54) is 16.7 Å². The fraction of sp³-hybridized carbons (Fsp3) is 0.588. The maximum absolute atomic E-state index is 12.1. The molecule has 1 aromatic carbocycles. The van der Waals surface area contributed by atoms with Crippen LogP contribution in [0.2, 0.25) is 0 Å². The van der Waals surface area contributed by atoms with Crippen LogP contribution in [0.4, 0.5) is 4.79 Å². The van der Waals surface area contributed by atoms with Crippen LogP contribution in [0.15, 0.2) is 18.2 Å². The minimum absolute atomic E-state index is 0.0642. The van der Waals surface area contributed by atoms with Gasteiger partial charge in [-0.2, -0.15) is 0 Å². The number of aliphatic hydroxyl groups is 1. The molecule has 2 atom stereocenters. The summed E-state index contributed by atoms with van der Waals surface area (Å²) < 4.78 is 0. The van der Waals surface area contributed by atoms with E-state index < -0.39 is 6.10 Å². The predicted octanol–water partition coefficient (Wildman–Crippen LogP) is 2.26. The Balaban J connectivity index is 1.79. The lowest BCUT2D eigenvalue weighted by atomic mass is 9.96. The Kier molecular flexibility index (Phi) is 5.23. The zero-order chi connectivity index (χ0) is 15.4. The number of β-amino-alcohol motifs (C(OH)–C–C–N with tert-alkyl or cyclic N) is 1. The third kappa shape index (κ3) is 4.21. The molecule has 1 aliphatic heterocycles. The highest BCUT2D eigenvalue weighted by molar-refractivity contribution is 5.74. The van der Waals surface area contributed by atoms with Gasteiger partial charge in [0, 0.05) is 19.6 Å². The average Bonchev–Trinajstić information content (AvgIpc) is 2.44. The van der Waals surface area contributed by atoms with Gasteiger partial charge in [-0.15, -0.1) is 0 Å². The Labute approximate surface area is 127 Å². The Morgan fingerprint density at radius 2 is 2.19 bits per heavy atom. The third-order valence-corrected chi connectivity index (χ3v) is 4.37. The Morgan fingerprint density at radius 1 is 1.43 bits per heavy atom. The molecule has 0 bridgehead atoms. The van der Waals surface area contributed by atoms with Gasteiger partial charge in [-0.1, -0.05) is 30.7 Å². The molecule has 116 valence electrons. The number of piperidine rings is 1. The summed E-state index contributed by atoms with van der Waals surface area (Å²) in [5.41, 5.74) is 3.80. The molecular weight excluding hydrogens is 264 g/mol. The molecule has 4 nitrogen and oxygen atoms in total. The zero-order valence-electron chi connectivity index (χ0n) is 13.2. The number of benzene rings is 1. The summed E-state index contributed by atoms with van der Waals surface area (Å²) in [5.74, 6) is 0.282. The van der Waals surface area contributed by atoms with Crippen molar-refractivity contribution in [3.8, 4) is 0 Å². The minimum atomic E-state index is -0.399. The molecule has 0 saturated carbocycles. The van der Waals surface area contributed by atoms with Crippen LogP contribution in [0.3, 0.4) is 0 Å². The second kappa shape index (κ2) is 6.94. The van der Waals surface area contributed by atoms with Crippen molar-refractivity contribution in [3.63, 3.8) is 0 Å². The summed E-state index contributed by atoms with van der Waals surface area (Å²) in [7, 11) is 0. The molecular formula is C17H26N2O2. The smallest absolute Gasteiger partial charge is 0.317 e. The molecule has 0 spiro atoms. The van der Waals surface area contributed by atoms with Gasteiger partial charge in [0.15, 0.2) is 0 Å². The summed E-state index contributed by atoms with van der Waals surface area (Å²) in [6, 6.07) is 6.33. The summed E-state index contributed by atoms with van der Waals surface area (Å²) in [5, 5.41) is 12.8. The lowest BCUT2D eigenvalue weighted by molar-refractivity contribution is 0.0436. The fourth-order valence-electron chi connectivity index (χ4n) is 2.78. The molecule has 1 fully saturated rings. The summed E-state index contributed by atoms with van der Waals surface area (Å²) in [4.78, 5) is 13.8. The molecule has 0 aromatic heterocycles. The number of likely N-dealkylation sites (tertiary alicyclic amines) is 1. The molecule has 21 heavy (non-hydrogen) atoms. The SMILES string of the molecule is Cc1ccc(CCNC(=O)N2CCC(C)C(O)C2)c(C)c1. The van der Waals surface area contributed by atoms with Gasteiger partial charge >= 0.3 is 6.03 Å². The van der Waals surface area contributed by atoms with Crippen molar-refractivity contribution in [2.45, 2.75) is 39.7 Å². The van der Waals surface area contributed by atoms with Gasteiger partial charge in [0.25, 0.3) is 0 Å². The first-order chi connectivity index (χ1) is 9.97. The van der Waals surface area contributed by atoms with E-state index in [2.05, 4.69) is 37.4 Å². The monoisotopic (exact) mass is 290 g/mol. The van der Waals surface area contributed by atoms with Crippen LogP contribution in [-0.2, 0) is 6.42 Å². The fourth-order valence-corrected chi connectivity index (χ4v) is 2.78. The lowest BCUT2D eigenvalue weighted by Gasteiger charge is -2.34. The number of aliphatic hydroxyl groups excluding tert-OH is 1. The molecule has 2 amide bonds. The van der Waals surface area contributed by atoms with Gasteiger partial charge in [-0.25, -0.2) is 4.79 Å². The molecule has 0 radical (unpaired) electrons. The van der Waals surface area contributed by atoms with Crippen LogP contribution in [0, 0.1) is 19.8 Å². The lowest BCUT2D eigenvalue weighted by Crippen LogP contribution is -2.50. The van der Waals surface area contributed by atoms with Gasteiger partial charge in [-0.3, -0.25) is 0 Å². The van der Waals surface area contributed by atoms with Gasteiger partial charge < -0.3 is 15.3 Å². The number of hydrogen-bond acceptors (Lipinski definition) is 2. The minimum Gasteiger partial charge on any atom is -0.391 e. The summed E-state index contributed by atoms with van der Waals surface area (Å²) in [6.45, 7) is 8.02. The molecule has 1 aromatic rings. The molecule has 1 heterocycles. The highest BCUT2D eigenvalue weighted by Gasteiger charge is 2.26. The van der Waals surface area contributed by atoms with Crippen molar-refractivity contribution < 1.29 is 9.90 Å². The van der Waals surface area contributed by atoms with E-state index in [1.54, 1.807) is 4.90 Å². The number of aryl methyl sites for hydroxylation is 2. The van der Waals surface area contributed by atoms with Crippen molar-refractivity contribution >= 4 is 6.03 Å². The first-order valence-corrected chi connectivity index (χ1v) is 7.74. The predicted molar refractivity (Wildman–Crippen MR) is 84.4 cm³/mol. The second-order valence-corrected chi connectivity index (χ2v) is 6.19. The van der Waals surface area contributed by atoms with Crippen molar-refractivity contribution in [3.05, 3.63) is 34.9 Å². The van der Waals surface area contributed by atoms with Crippen molar-refractivity contribution in [2.75, 3.05) is 19.6 Å². The maximum atomic E-state index is 12.1. The standard InChI is InChI=1S/C17H26N2O2/c1-12-4-5-15(14(3)10-12)6-8-18-17(21)19-9-7-13(2)16(20)11-19/h4-5,10,13,16,20H,6-9,11H2,1-3H3,(H,18,21). The Hall–Kier alpha value is -1.55. The van der Waals surface area contributed by atoms with Gasteiger partial charge in [0.2, 0.25) is 0 Å². The van der Waals surface area contributed by atoms with E-state index in [-0.39, 0.29) is 11.9 Å². The second-order valence-electron chi connectivity index (χ2n) is 6.19. The molecule has 2 unspecified atom stereocenters. The number of carbonyl (C=O) groups is 1. The van der Waals surface area contributed by atoms with Crippen LogP contribution >= 0.6 is 0 Å². The number of rotatable bonds is 3. The summed E-state index contributed by atoms with van der Waals surface area (Å²) >= 11 is 0.